The molecule has 0 aliphatic heterocycles. The van der Waals surface area contributed by atoms with E-state index in [9.17, 15) is 9.18 Å². The SMILES string of the molecule is CCOc1cc(NC(=O)Nc2ccccc2F)cc(OCC)c1OCC. The van der Waals surface area contributed by atoms with Gasteiger partial charge in [-0.3, -0.25) is 0 Å². The first-order valence-corrected chi connectivity index (χ1v) is 8.47. The van der Waals surface area contributed by atoms with Crippen LogP contribution < -0.4 is 24.8 Å². The monoisotopic (exact) mass is 362 g/mol. The van der Waals surface area contributed by atoms with Crippen molar-refractivity contribution >= 4 is 17.4 Å². The lowest BCUT2D eigenvalue weighted by Crippen LogP contribution is -2.20. The van der Waals surface area contributed by atoms with Crippen LogP contribution in [0.15, 0.2) is 36.4 Å². The molecule has 0 heterocycles. The Bertz CT molecular complexity index is 725. The predicted octanol–water partition coefficient (Wildman–Crippen LogP) is 4.67. The molecule has 0 saturated carbocycles. The number of benzene rings is 2. The summed E-state index contributed by atoms with van der Waals surface area (Å²) in [4.78, 5) is 12.2. The standard InChI is InChI=1S/C19H23FN2O4/c1-4-24-16-11-13(12-17(25-5-2)18(16)26-6-3)21-19(23)22-15-10-8-7-9-14(15)20/h7-12H,4-6H2,1-3H3,(H2,21,22,23). The highest BCUT2D eigenvalue weighted by molar-refractivity contribution is 6.00. The highest BCUT2D eigenvalue weighted by atomic mass is 19.1. The maximum atomic E-state index is 13.7. The summed E-state index contributed by atoms with van der Waals surface area (Å²) in [5.41, 5.74) is 0.528. The zero-order valence-corrected chi connectivity index (χ0v) is 15.1. The Morgan fingerprint density at radius 3 is 2.04 bits per heavy atom. The summed E-state index contributed by atoms with van der Waals surface area (Å²) >= 11 is 0. The smallest absolute Gasteiger partial charge is 0.323 e. The summed E-state index contributed by atoms with van der Waals surface area (Å²) in [5, 5.41) is 5.12. The number of halogens is 1. The average molecular weight is 362 g/mol. The van der Waals surface area contributed by atoms with Crippen molar-refractivity contribution in [2.24, 2.45) is 0 Å². The molecule has 140 valence electrons. The van der Waals surface area contributed by atoms with Crippen LogP contribution in [0.4, 0.5) is 20.6 Å². The summed E-state index contributed by atoms with van der Waals surface area (Å²) < 4.78 is 30.5. The van der Waals surface area contributed by atoms with Crippen molar-refractivity contribution in [3.05, 3.63) is 42.2 Å². The Labute approximate surface area is 152 Å². The van der Waals surface area contributed by atoms with E-state index in [2.05, 4.69) is 10.6 Å². The minimum atomic E-state index is -0.579. The van der Waals surface area contributed by atoms with Crippen LogP contribution in [-0.4, -0.2) is 25.9 Å². The van der Waals surface area contributed by atoms with Crippen molar-refractivity contribution in [2.75, 3.05) is 30.5 Å². The number of hydrogen-bond acceptors (Lipinski definition) is 4. The first-order chi connectivity index (χ1) is 12.6. The van der Waals surface area contributed by atoms with E-state index < -0.39 is 11.8 Å². The van der Waals surface area contributed by atoms with Gasteiger partial charge in [0.1, 0.15) is 5.82 Å². The maximum Gasteiger partial charge on any atom is 0.323 e. The van der Waals surface area contributed by atoms with Crippen LogP contribution in [0.25, 0.3) is 0 Å². The molecule has 0 atom stereocenters. The third-order valence-electron chi connectivity index (χ3n) is 3.29. The molecule has 0 aliphatic carbocycles. The molecule has 2 rings (SSSR count). The first-order valence-electron chi connectivity index (χ1n) is 8.47. The molecular weight excluding hydrogens is 339 g/mol. The number of hydrogen-bond donors (Lipinski definition) is 2. The molecule has 0 fully saturated rings. The summed E-state index contributed by atoms with van der Waals surface area (Å²) in [5.74, 6) is 0.888. The van der Waals surface area contributed by atoms with E-state index >= 15 is 0 Å². The molecule has 0 aromatic heterocycles. The zero-order valence-electron chi connectivity index (χ0n) is 15.1. The van der Waals surface area contributed by atoms with E-state index in [1.54, 1.807) is 24.3 Å². The van der Waals surface area contributed by atoms with E-state index in [1.165, 1.54) is 12.1 Å². The Morgan fingerprint density at radius 1 is 0.923 bits per heavy atom. The number of carbonyl (C=O) groups excluding carboxylic acids is 1. The fourth-order valence-corrected chi connectivity index (χ4v) is 2.31. The van der Waals surface area contributed by atoms with Crippen LogP contribution in [0.1, 0.15) is 20.8 Å². The van der Waals surface area contributed by atoms with Crippen molar-refractivity contribution in [3.63, 3.8) is 0 Å². The average Bonchev–Trinajstić information content (AvgIpc) is 2.60. The Kier molecular flexibility index (Phi) is 7.08. The molecule has 7 heteroatoms. The molecule has 0 saturated heterocycles. The summed E-state index contributed by atoms with van der Waals surface area (Å²) in [6, 6.07) is 8.63. The number of amides is 2. The topological polar surface area (TPSA) is 68.8 Å². The van der Waals surface area contributed by atoms with E-state index in [1.807, 2.05) is 20.8 Å². The molecule has 2 aromatic carbocycles. The summed E-state index contributed by atoms with van der Waals surface area (Å²) in [6.07, 6.45) is 0. The van der Waals surface area contributed by atoms with Crippen LogP contribution in [0.3, 0.4) is 0 Å². The van der Waals surface area contributed by atoms with Gasteiger partial charge in [0.15, 0.2) is 11.5 Å². The lowest BCUT2D eigenvalue weighted by atomic mass is 10.2. The Morgan fingerprint density at radius 2 is 1.50 bits per heavy atom. The molecule has 2 amide bonds. The Hall–Kier alpha value is -2.96. The van der Waals surface area contributed by atoms with Gasteiger partial charge in [0.25, 0.3) is 0 Å². The third-order valence-corrected chi connectivity index (χ3v) is 3.29. The van der Waals surface area contributed by atoms with Crippen LogP contribution >= 0.6 is 0 Å². The largest absolute Gasteiger partial charge is 0.490 e. The van der Waals surface area contributed by atoms with E-state index in [-0.39, 0.29) is 5.69 Å². The molecule has 26 heavy (non-hydrogen) atoms. The van der Waals surface area contributed by atoms with Gasteiger partial charge in [0.05, 0.1) is 31.2 Å². The van der Waals surface area contributed by atoms with Crippen molar-refractivity contribution in [2.45, 2.75) is 20.8 Å². The van der Waals surface area contributed by atoms with Crippen molar-refractivity contribution in [3.8, 4) is 17.2 Å². The molecule has 0 aliphatic rings. The van der Waals surface area contributed by atoms with Gasteiger partial charge in [-0.2, -0.15) is 0 Å². The van der Waals surface area contributed by atoms with Gasteiger partial charge in [-0.25, -0.2) is 9.18 Å². The minimum Gasteiger partial charge on any atom is -0.490 e. The van der Waals surface area contributed by atoms with Gasteiger partial charge in [-0.05, 0) is 32.9 Å². The van der Waals surface area contributed by atoms with Crippen LogP contribution in [0.5, 0.6) is 17.2 Å². The first kappa shape index (κ1) is 19.4. The fraction of sp³-hybridized carbons (Fsp3) is 0.316. The number of carbonyl (C=O) groups is 1. The van der Waals surface area contributed by atoms with Gasteiger partial charge in [-0.1, -0.05) is 12.1 Å². The number of rotatable bonds is 8. The summed E-state index contributed by atoms with van der Waals surface area (Å²) in [7, 11) is 0. The van der Waals surface area contributed by atoms with E-state index in [4.69, 9.17) is 14.2 Å². The number of ether oxygens (including phenoxy) is 3. The number of nitrogens with one attached hydrogen (secondary N) is 2. The van der Waals surface area contributed by atoms with Crippen molar-refractivity contribution < 1.29 is 23.4 Å². The minimum absolute atomic E-state index is 0.0889. The lowest BCUT2D eigenvalue weighted by molar-refractivity contribution is 0.260. The molecule has 2 N–H and O–H groups in total. The number of para-hydroxylation sites is 1. The van der Waals surface area contributed by atoms with Gasteiger partial charge in [-0.15, -0.1) is 0 Å². The Balaban J connectivity index is 2.24. The van der Waals surface area contributed by atoms with Crippen LogP contribution in [0, 0.1) is 5.82 Å². The molecule has 0 spiro atoms. The van der Waals surface area contributed by atoms with Crippen LogP contribution in [0.2, 0.25) is 0 Å². The molecular formula is C19H23FN2O4. The van der Waals surface area contributed by atoms with Crippen molar-refractivity contribution in [1.82, 2.24) is 0 Å². The van der Waals surface area contributed by atoms with Gasteiger partial charge in [0.2, 0.25) is 5.75 Å². The molecule has 0 unspecified atom stereocenters. The third kappa shape index (κ3) is 5.02. The summed E-state index contributed by atoms with van der Waals surface area (Å²) in [6.45, 7) is 6.86. The van der Waals surface area contributed by atoms with E-state index in [0.717, 1.165) is 0 Å². The molecule has 2 aromatic rings. The molecule has 0 radical (unpaired) electrons. The molecule has 0 bridgehead atoms. The highest BCUT2D eigenvalue weighted by Crippen LogP contribution is 2.40. The van der Waals surface area contributed by atoms with Gasteiger partial charge >= 0.3 is 6.03 Å². The predicted molar refractivity (Wildman–Crippen MR) is 99.0 cm³/mol. The second-order valence-electron chi connectivity index (χ2n) is 5.16. The number of urea groups is 1. The zero-order chi connectivity index (χ0) is 18.9. The number of anilines is 2. The second-order valence-corrected chi connectivity index (χ2v) is 5.16. The highest BCUT2D eigenvalue weighted by Gasteiger charge is 2.16. The normalized spacial score (nSPS) is 10.2. The fourth-order valence-electron chi connectivity index (χ4n) is 2.31. The van der Waals surface area contributed by atoms with Crippen molar-refractivity contribution in [1.29, 1.82) is 0 Å². The maximum absolute atomic E-state index is 13.7. The van der Waals surface area contributed by atoms with Gasteiger partial charge in [0, 0.05) is 12.1 Å². The molecule has 6 nitrogen and oxygen atoms in total. The quantitative estimate of drug-likeness (QED) is 0.716. The van der Waals surface area contributed by atoms with E-state index in [0.29, 0.717) is 42.8 Å². The van der Waals surface area contributed by atoms with Gasteiger partial charge < -0.3 is 24.8 Å². The lowest BCUT2D eigenvalue weighted by Gasteiger charge is -2.17. The second kappa shape index (κ2) is 9.50. The van der Waals surface area contributed by atoms with Crippen LogP contribution in [-0.2, 0) is 0 Å².